The molecule has 0 aliphatic carbocycles. The number of benzene rings is 1. The Balaban J connectivity index is 2.67. The smallest absolute Gasteiger partial charge is 0.251 e. The summed E-state index contributed by atoms with van der Waals surface area (Å²) < 4.78 is 0. The summed E-state index contributed by atoms with van der Waals surface area (Å²) in [5.41, 5.74) is 6.60. The molecule has 1 rings (SSSR count). The maximum Gasteiger partial charge on any atom is 0.251 e. The average Bonchev–Trinajstić information content (AvgIpc) is 2.36. The summed E-state index contributed by atoms with van der Waals surface area (Å²) in [6.45, 7) is 7.71. The highest BCUT2D eigenvalue weighted by Gasteiger charge is 2.21. The lowest BCUT2D eigenvalue weighted by Gasteiger charge is -2.23. The van der Waals surface area contributed by atoms with E-state index in [1.807, 2.05) is 26.8 Å². The number of carbonyl (C=O) groups excluding carboxylic acids is 2. The van der Waals surface area contributed by atoms with E-state index in [9.17, 15) is 9.59 Å². The van der Waals surface area contributed by atoms with Crippen LogP contribution in [0.5, 0.6) is 0 Å². The van der Waals surface area contributed by atoms with Crippen molar-refractivity contribution < 1.29 is 9.59 Å². The van der Waals surface area contributed by atoms with Crippen molar-refractivity contribution in [2.45, 2.75) is 45.8 Å². The van der Waals surface area contributed by atoms with Gasteiger partial charge in [-0.2, -0.15) is 0 Å². The molecule has 20 heavy (non-hydrogen) atoms. The van der Waals surface area contributed by atoms with Crippen molar-refractivity contribution in [3.63, 3.8) is 0 Å². The Hall–Kier alpha value is -1.88. The first-order valence-electron chi connectivity index (χ1n) is 6.65. The monoisotopic (exact) mass is 277 g/mol. The molecule has 5 nitrogen and oxygen atoms in total. The summed E-state index contributed by atoms with van der Waals surface area (Å²) in [7, 11) is 0. The van der Waals surface area contributed by atoms with E-state index in [2.05, 4.69) is 10.6 Å². The van der Waals surface area contributed by atoms with Crippen molar-refractivity contribution >= 4 is 11.8 Å². The zero-order chi connectivity index (χ0) is 15.3. The highest BCUT2D eigenvalue weighted by Crippen LogP contribution is 2.05. The molecule has 0 fully saturated rings. The molecule has 0 saturated carbocycles. The minimum absolute atomic E-state index is 0.208. The van der Waals surface area contributed by atoms with E-state index in [4.69, 9.17) is 5.73 Å². The van der Waals surface area contributed by atoms with E-state index in [1.165, 1.54) is 0 Å². The van der Waals surface area contributed by atoms with Gasteiger partial charge in [0.15, 0.2) is 0 Å². The summed E-state index contributed by atoms with van der Waals surface area (Å²) in [6.07, 6.45) is 0. The summed E-state index contributed by atoms with van der Waals surface area (Å²) in [5, 5.41) is 5.50. The van der Waals surface area contributed by atoms with Crippen LogP contribution in [0.3, 0.4) is 0 Å². The molecular weight excluding hydrogens is 254 g/mol. The van der Waals surface area contributed by atoms with Gasteiger partial charge in [-0.1, -0.05) is 12.1 Å². The molecule has 2 amide bonds. The van der Waals surface area contributed by atoms with Crippen LogP contribution in [0.15, 0.2) is 24.3 Å². The zero-order valence-electron chi connectivity index (χ0n) is 12.5. The van der Waals surface area contributed by atoms with Crippen LogP contribution >= 0.6 is 0 Å². The van der Waals surface area contributed by atoms with Crippen LogP contribution in [-0.4, -0.2) is 23.4 Å². The number of nitrogens with two attached hydrogens (primary N) is 1. The summed E-state index contributed by atoms with van der Waals surface area (Å²) in [5.74, 6) is -0.488. The lowest BCUT2D eigenvalue weighted by atomic mass is 10.1. The predicted molar refractivity (Wildman–Crippen MR) is 79.2 cm³/mol. The quantitative estimate of drug-likeness (QED) is 0.772. The molecule has 4 N–H and O–H groups in total. The summed E-state index contributed by atoms with van der Waals surface area (Å²) in [6, 6.07) is 6.46. The highest BCUT2D eigenvalue weighted by molar-refractivity contribution is 5.97. The molecule has 0 aliphatic rings. The first-order valence-corrected chi connectivity index (χ1v) is 6.65. The van der Waals surface area contributed by atoms with Gasteiger partial charge in [0, 0.05) is 17.6 Å². The molecule has 5 heteroatoms. The normalized spacial score (nSPS) is 12.7. The largest absolute Gasteiger partial charge is 0.350 e. The Morgan fingerprint density at radius 2 is 1.95 bits per heavy atom. The van der Waals surface area contributed by atoms with Crippen LogP contribution in [0, 0.1) is 0 Å². The minimum Gasteiger partial charge on any atom is -0.350 e. The fourth-order valence-electron chi connectivity index (χ4n) is 1.66. The zero-order valence-corrected chi connectivity index (χ0v) is 12.5. The van der Waals surface area contributed by atoms with Crippen LogP contribution in [-0.2, 0) is 11.3 Å². The predicted octanol–water partition coefficient (Wildman–Crippen LogP) is 1.18. The molecule has 1 unspecified atom stereocenters. The Morgan fingerprint density at radius 3 is 2.50 bits per heavy atom. The van der Waals surface area contributed by atoms with Crippen LogP contribution in [0.4, 0.5) is 0 Å². The van der Waals surface area contributed by atoms with E-state index < -0.39 is 6.04 Å². The molecule has 0 radical (unpaired) electrons. The Morgan fingerprint density at radius 1 is 1.30 bits per heavy atom. The van der Waals surface area contributed by atoms with Crippen molar-refractivity contribution in [2.75, 3.05) is 0 Å². The van der Waals surface area contributed by atoms with Crippen molar-refractivity contribution in [3.8, 4) is 0 Å². The third-order valence-corrected chi connectivity index (χ3v) is 2.66. The summed E-state index contributed by atoms with van der Waals surface area (Å²) >= 11 is 0. The maximum absolute atomic E-state index is 12.1. The van der Waals surface area contributed by atoms with Gasteiger partial charge in [0.1, 0.15) is 6.04 Å². The van der Waals surface area contributed by atoms with Gasteiger partial charge in [0.05, 0.1) is 0 Å². The minimum atomic E-state index is -0.594. The molecule has 0 saturated heterocycles. The molecule has 1 aromatic carbocycles. The number of nitrogens with one attached hydrogen (secondary N) is 2. The van der Waals surface area contributed by atoms with Crippen molar-refractivity contribution in [1.29, 1.82) is 0 Å². The fourth-order valence-corrected chi connectivity index (χ4v) is 1.66. The lowest BCUT2D eigenvalue weighted by molar-refractivity contribution is -0.124. The molecule has 110 valence electrons. The third-order valence-electron chi connectivity index (χ3n) is 2.66. The standard InChI is InChI=1S/C15H23N3O2/c1-10(13(19)18-15(2,3)4)17-14(20)12-7-5-6-11(8-12)9-16/h5-8,10H,9,16H2,1-4H3,(H,17,20)(H,18,19). The van der Waals surface area contributed by atoms with Crippen molar-refractivity contribution in [1.82, 2.24) is 10.6 Å². The van der Waals surface area contributed by atoms with E-state index in [0.717, 1.165) is 5.56 Å². The Bertz CT molecular complexity index is 492. The van der Waals surface area contributed by atoms with E-state index >= 15 is 0 Å². The molecule has 0 bridgehead atoms. The lowest BCUT2D eigenvalue weighted by Crippen LogP contribution is -2.50. The van der Waals surface area contributed by atoms with Gasteiger partial charge in [-0.15, -0.1) is 0 Å². The second kappa shape index (κ2) is 6.52. The first-order chi connectivity index (χ1) is 9.23. The molecule has 1 atom stereocenters. The third kappa shape index (κ3) is 5.01. The first kappa shape index (κ1) is 16.2. The number of hydrogen-bond donors (Lipinski definition) is 3. The number of rotatable bonds is 4. The van der Waals surface area contributed by atoms with Crippen LogP contribution < -0.4 is 16.4 Å². The molecule has 0 heterocycles. The maximum atomic E-state index is 12.1. The number of amides is 2. The van der Waals surface area contributed by atoms with Gasteiger partial charge in [0.25, 0.3) is 5.91 Å². The molecule has 1 aromatic rings. The fraction of sp³-hybridized carbons (Fsp3) is 0.467. The van der Waals surface area contributed by atoms with Gasteiger partial charge in [0.2, 0.25) is 5.91 Å². The second-order valence-corrected chi connectivity index (χ2v) is 5.84. The van der Waals surface area contributed by atoms with Crippen LogP contribution in [0.25, 0.3) is 0 Å². The van der Waals surface area contributed by atoms with E-state index in [-0.39, 0.29) is 17.4 Å². The van der Waals surface area contributed by atoms with Gasteiger partial charge in [-0.3, -0.25) is 9.59 Å². The van der Waals surface area contributed by atoms with Crippen LogP contribution in [0.2, 0.25) is 0 Å². The van der Waals surface area contributed by atoms with Gasteiger partial charge < -0.3 is 16.4 Å². The number of hydrogen-bond acceptors (Lipinski definition) is 3. The molecule has 0 aliphatic heterocycles. The van der Waals surface area contributed by atoms with Gasteiger partial charge in [-0.25, -0.2) is 0 Å². The SMILES string of the molecule is CC(NC(=O)c1cccc(CN)c1)C(=O)NC(C)(C)C. The Kier molecular flexibility index (Phi) is 5.27. The van der Waals surface area contributed by atoms with Crippen molar-refractivity contribution in [2.24, 2.45) is 5.73 Å². The van der Waals surface area contributed by atoms with E-state index in [1.54, 1.807) is 25.1 Å². The number of carbonyl (C=O) groups is 2. The van der Waals surface area contributed by atoms with Crippen molar-refractivity contribution in [3.05, 3.63) is 35.4 Å². The molecular formula is C15H23N3O2. The van der Waals surface area contributed by atoms with Gasteiger partial charge >= 0.3 is 0 Å². The second-order valence-electron chi connectivity index (χ2n) is 5.84. The topological polar surface area (TPSA) is 84.2 Å². The summed E-state index contributed by atoms with van der Waals surface area (Å²) in [4.78, 5) is 24.0. The Labute approximate surface area is 119 Å². The molecule has 0 spiro atoms. The van der Waals surface area contributed by atoms with Gasteiger partial charge in [-0.05, 0) is 45.4 Å². The molecule has 0 aromatic heterocycles. The average molecular weight is 277 g/mol. The highest BCUT2D eigenvalue weighted by atomic mass is 16.2. The van der Waals surface area contributed by atoms with E-state index in [0.29, 0.717) is 12.1 Å². The van der Waals surface area contributed by atoms with Crippen LogP contribution in [0.1, 0.15) is 43.6 Å².